The lowest BCUT2D eigenvalue weighted by molar-refractivity contribution is 1.23. The minimum atomic E-state index is 0.834. The maximum Gasteiger partial charge on any atom is 0.0340 e. The number of anilines is 1. The van der Waals surface area contributed by atoms with Crippen LogP contribution in [0.1, 0.15) is 11.1 Å². The van der Waals surface area contributed by atoms with Crippen molar-refractivity contribution in [1.82, 2.24) is 0 Å². The van der Waals surface area contributed by atoms with E-state index in [2.05, 4.69) is 42.9 Å². The molecule has 2 aromatic carbocycles. The van der Waals surface area contributed by atoms with Gasteiger partial charge in [-0.3, -0.25) is 0 Å². The van der Waals surface area contributed by atoms with E-state index in [0.29, 0.717) is 0 Å². The van der Waals surface area contributed by atoms with Crippen molar-refractivity contribution in [2.24, 2.45) is 0 Å². The number of hydrogen-bond acceptors (Lipinski definition) is 1. The summed E-state index contributed by atoms with van der Waals surface area (Å²) in [6.45, 7) is 4.69. The van der Waals surface area contributed by atoms with E-state index in [1.165, 1.54) is 5.56 Å². The van der Waals surface area contributed by atoms with E-state index < -0.39 is 0 Å². The molecular weight excluding hydrogens is 194 g/mol. The largest absolute Gasteiger partial charge is 0.384 e. The first-order valence-corrected chi connectivity index (χ1v) is 5.39. The second-order valence-corrected chi connectivity index (χ2v) is 3.69. The Morgan fingerprint density at radius 3 is 2.31 bits per heavy atom. The van der Waals surface area contributed by atoms with Gasteiger partial charge in [0.05, 0.1) is 0 Å². The van der Waals surface area contributed by atoms with Crippen LogP contribution in [0.5, 0.6) is 0 Å². The molecule has 1 N–H and O–H groups in total. The van der Waals surface area contributed by atoms with Crippen molar-refractivity contribution in [1.29, 1.82) is 0 Å². The first-order chi connectivity index (χ1) is 7.84. The molecule has 0 aliphatic rings. The van der Waals surface area contributed by atoms with Gasteiger partial charge in [0.25, 0.3) is 0 Å². The molecule has 1 nitrogen and oxygen atoms in total. The van der Waals surface area contributed by atoms with Crippen LogP contribution < -0.4 is 5.32 Å². The first kappa shape index (κ1) is 10.7. The molecule has 16 heavy (non-hydrogen) atoms. The van der Waals surface area contributed by atoms with E-state index in [9.17, 15) is 0 Å². The minimum absolute atomic E-state index is 0.834. The van der Waals surface area contributed by atoms with Crippen LogP contribution in [0.15, 0.2) is 54.6 Å². The smallest absolute Gasteiger partial charge is 0.0340 e. The molecule has 0 amide bonds. The van der Waals surface area contributed by atoms with Gasteiger partial charge in [0, 0.05) is 18.7 Å². The van der Waals surface area contributed by atoms with E-state index in [0.717, 1.165) is 17.8 Å². The Labute approximate surface area is 97.1 Å². The number of hydrogen-bond donors (Lipinski definition) is 1. The summed E-state index contributed by atoms with van der Waals surface area (Å²) in [6.07, 6.45) is 2.16. The van der Waals surface area contributed by atoms with Gasteiger partial charge < -0.3 is 5.32 Å². The highest BCUT2D eigenvalue weighted by Gasteiger charge is 1.93. The molecule has 0 aromatic heterocycles. The van der Waals surface area contributed by atoms with E-state index in [1.54, 1.807) is 0 Å². The normalized spacial score (nSPS) is 10.1. The van der Waals surface area contributed by atoms with E-state index in [4.69, 9.17) is 0 Å². The lowest BCUT2D eigenvalue weighted by Gasteiger charge is -2.05. The van der Waals surface area contributed by atoms with Gasteiger partial charge in [-0.2, -0.15) is 0 Å². The number of rotatable bonds is 4. The lowest BCUT2D eigenvalue weighted by atomic mass is 10.1. The maximum atomic E-state index is 3.86. The van der Waals surface area contributed by atoms with Gasteiger partial charge in [0.2, 0.25) is 0 Å². The first-order valence-electron chi connectivity index (χ1n) is 5.39. The summed E-state index contributed by atoms with van der Waals surface area (Å²) in [6, 6.07) is 18.4. The van der Waals surface area contributed by atoms with Gasteiger partial charge in [-0.25, -0.2) is 0 Å². The van der Waals surface area contributed by atoms with Crippen LogP contribution in [-0.2, 0) is 0 Å². The monoisotopic (exact) mass is 209 g/mol. The molecule has 80 valence electrons. The third-order valence-electron chi connectivity index (χ3n) is 2.40. The molecule has 0 saturated carbocycles. The zero-order valence-corrected chi connectivity index (χ0v) is 9.19. The zero-order chi connectivity index (χ0) is 11.2. The summed E-state index contributed by atoms with van der Waals surface area (Å²) in [5.74, 6) is 0. The summed E-state index contributed by atoms with van der Waals surface area (Å²) in [4.78, 5) is 0. The Balaban J connectivity index is 1.82. The molecule has 2 rings (SSSR count). The van der Waals surface area contributed by atoms with Gasteiger partial charge in [-0.05, 0) is 30.2 Å². The summed E-state index contributed by atoms with van der Waals surface area (Å²) < 4.78 is 0. The van der Waals surface area contributed by atoms with Gasteiger partial charge in [0.15, 0.2) is 0 Å². The zero-order valence-electron chi connectivity index (χ0n) is 9.19. The fraction of sp³-hybridized carbons (Fsp3) is 0.0667. The molecule has 0 bridgehead atoms. The Hall–Kier alpha value is -1.76. The van der Waals surface area contributed by atoms with Crippen molar-refractivity contribution >= 4 is 5.69 Å². The van der Waals surface area contributed by atoms with Gasteiger partial charge in [0.1, 0.15) is 0 Å². The summed E-state index contributed by atoms with van der Waals surface area (Å²) in [5, 5.41) is 3.34. The Morgan fingerprint density at radius 2 is 1.62 bits per heavy atom. The highest BCUT2D eigenvalue weighted by Crippen LogP contribution is 2.08. The van der Waals surface area contributed by atoms with E-state index in [1.807, 2.05) is 30.3 Å². The SMILES string of the molecule is [CH2]c1ccc([CH]CNc2ccccc2)cc1. The predicted molar refractivity (Wildman–Crippen MR) is 69.2 cm³/mol. The highest BCUT2D eigenvalue weighted by molar-refractivity contribution is 5.43. The van der Waals surface area contributed by atoms with Crippen molar-refractivity contribution in [3.63, 3.8) is 0 Å². The van der Waals surface area contributed by atoms with Crippen LogP contribution in [0.2, 0.25) is 0 Å². The van der Waals surface area contributed by atoms with Gasteiger partial charge in [-0.15, -0.1) is 0 Å². The van der Waals surface area contributed by atoms with Crippen LogP contribution in [-0.4, -0.2) is 6.54 Å². The lowest BCUT2D eigenvalue weighted by Crippen LogP contribution is -2.02. The molecule has 0 atom stereocenters. The molecule has 0 aliphatic carbocycles. The molecule has 0 heterocycles. The average molecular weight is 209 g/mol. The van der Waals surface area contributed by atoms with Crippen LogP contribution in [0, 0.1) is 13.3 Å². The summed E-state index contributed by atoms with van der Waals surface area (Å²) in [5.41, 5.74) is 3.41. The quantitative estimate of drug-likeness (QED) is 0.812. The number of nitrogens with one attached hydrogen (secondary N) is 1. The van der Waals surface area contributed by atoms with Crippen LogP contribution in [0.3, 0.4) is 0 Å². The van der Waals surface area contributed by atoms with Crippen molar-refractivity contribution in [2.75, 3.05) is 11.9 Å². The van der Waals surface area contributed by atoms with Crippen LogP contribution in [0.25, 0.3) is 0 Å². The van der Waals surface area contributed by atoms with Crippen LogP contribution in [0.4, 0.5) is 5.69 Å². The molecule has 2 aromatic rings. The van der Waals surface area contributed by atoms with Crippen LogP contribution >= 0.6 is 0 Å². The predicted octanol–water partition coefficient (Wildman–Crippen LogP) is 3.53. The van der Waals surface area contributed by atoms with E-state index in [-0.39, 0.29) is 0 Å². The van der Waals surface area contributed by atoms with Gasteiger partial charge in [-0.1, -0.05) is 42.5 Å². The fourth-order valence-corrected chi connectivity index (χ4v) is 1.50. The summed E-state index contributed by atoms with van der Waals surface area (Å²) in [7, 11) is 0. The molecule has 1 heteroatoms. The Kier molecular flexibility index (Phi) is 3.60. The maximum absolute atomic E-state index is 3.86. The standard InChI is InChI=1S/C15H15N/c1-13-7-9-14(10-8-13)11-12-16-15-5-3-2-4-6-15/h2-11,16H,1,12H2. The molecule has 2 radical (unpaired) electrons. The second kappa shape index (κ2) is 5.36. The van der Waals surface area contributed by atoms with Crippen molar-refractivity contribution in [3.05, 3.63) is 79.1 Å². The molecule has 0 aliphatic heterocycles. The van der Waals surface area contributed by atoms with Gasteiger partial charge >= 0.3 is 0 Å². The van der Waals surface area contributed by atoms with Crippen molar-refractivity contribution in [2.45, 2.75) is 0 Å². The van der Waals surface area contributed by atoms with E-state index >= 15 is 0 Å². The Bertz CT molecular complexity index is 417. The minimum Gasteiger partial charge on any atom is -0.384 e. The third kappa shape index (κ3) is 3.13. The second-order valence-electron chi connectivity index (χ2n) is 3.69. The molecule has 0 saturated heterocycles. The molecule has 0 unspecified atom stereocenters. The Morgan fingerprint density at radius 1 is 0.938 bits per heavy atom. The van der Waals surface area contributed by atoms with Crippen molar-refractivity contribution in [3.8, 4) is 0 Å². The molecule has 0 fully saturated rings. The molecular formula is C15H15N. The molecule has 0 spiro atoms. The number of benzene rings is 2. The average Bonchev–Trinajstić information content (AvgIpc) is 2.33. The summed E-state index contributed by atoms with van der Waals surface area (Å²) >= 11 is 0. The topological polar surface area (TPSA) is 12.0 Å². The third-order valence-corrected chi connectivity index (χ3v) is 2.40. The van der Waals surface area contributed by atoms with Crippen molar-refractivity contribution < 1.29 is 0 Å². The highest BCUT2D eigenvalue weighted by atomic mass is 14.9. The number of para-hydroxylation sites is 1. The fourth-order valence-electron chi connectivity index (χ4n) is 1.50.